The van der Waals surface area contributed by atoms with Gasteiger partial charge >= 0.3 is 0 Å². The van der Waals surface area contributed by atoms with E-state index in [1.165, 1.54) is 0 Å². The number of rotatable bonds is 2. The Labute approximate surface area is 143 Å². The molecule has 1 amide bonds. The van der Waals surface area contributed by atoms with Gasteiger partial charge in [-0.1, -0.05) is 36.0 Å². The molecule has 0 fully saturated rings. The van der Waals surface area contributed by atoms with Gasteiger partial charge in [-0.3, -0.25) is 15.0 Å². The highest BCUT2D eigenvalue weighted by molar-refractivity contribution is 8.02. The van der Waals surface area contributed by atoms with E-state index in [0.29, 0.717) is 5.56 Å². The van der Waals surface area contributed by atoms with Crippen LogP contribution in [0.25, 0.3) is 0 Å². The number of hydrogen-bond acceptors (Lipinski definition) is 5. The van der Waals surface area contributed by atoms with E-state index < -0.39 is 5.91 Å². The number of hydroxylamine groups is 1. The Morgan fingerprint density at radius 2 is 1.96 bits per heavy atom. The predicted octanol–water partition coefficient (Wildman–Crippen LogP) is 2.99. The largest absolute Gasteiger partial charge is 0.476 e. The third kappa shape index (κ3) is 2.60. The number of aliphatic imine (C=N–C) groups is 1. The van der Waals surface area contributed by atoms with Crippen molar-refractivity contribution >= 4 is 23.4 Å². The fourth-order valence-corrected chi connectivity index (χ4v) is 3.64. The molecule has 2 heterocycles. The first-order chi connectivity index (χ1) is 11.8. The van der Waals surface area contributed by atoms with Crippen LogP contribution in [-0.4, -0.2) is 28.3 Å². The number of carbonyl (C=O) groups excluding carboxylic acids is 1. The Kier molecular flexibility index (Phi) is 3.84. The van der Waals surface area contributed by atoms with Gasteiger partial charge in [-0.2, -0.15) is 0 Å². The van der Waals surface area contributed by atoms with Crippen molar-refractivity contribution in [3.05, 3.63) is 76.7 Å². The molecular formula is C18H14N2O3S. The summed E-state index contributed by atoms with van der Waals surface area (Å²) in [6, 6.07) is 14.8. The minimum atomic E-state index is -0.539. The van der Waals surface area contributed by atoms with Crippen LogP contribution in [-0.2, 0) is 0 Å². The standard InChI is InChI=1S/C18H14N2O3S/c21-17(20-22)12-7-5-11(6-8-12)16-13-3-1-2-4-15(13)23-18-14(19-16)9-10-24-18/h1-10,14,18,22H,(H,20,21)/t14?,18-/m1/s1. The van der Waals surface area contributed by atoms with Crippen molar-refractivity contribution in [1.82, 2.24) is 5.48 Å². The number of carbonyl (C=O) groups is 1. The fraction of sp³-hybridized carbons (Fsp3) is 0.111. The van der Waals surface area contributed by atoms with Gasteiger partial charge in [0.05, 0.1) is 5.71 Å². The number of nitrogens with one attached hydrogen (secondary N) is 1. The Hall–Kier alpha value is -2.57. The Bertz CT molecular complexity index is 846. The first-order valence-corrected chi connectivity index (χ1v) is 8.41. The predicted molar refractivity (Wildman–Crippen MR) is 92.7 cm³/mol. The highest BCUT2D eigenvalue weighted by Gasteiger charge is 2.30. The first kappa shape index (κ1) is 15.0. The SMILES string of the molecule is O=C(NO)c1ccc(C2=NC3C=CS[C@H]3Oc3ccccc32)cc1. The molecular weight excluding hydrogens is 324 g/mol. The van der Waals surface area contributed by atoms with Gasteiger partial charge in [0.1, 0.15) is 11.8 Å². The highest BCUT2D eigenvalue weighted by atomic mass is 32.2. The first-order valence-electron chi connectivity index (χ1n) is 7.47. The van der Waals surface area contributed by atoms with Gasteiger partial charge in [0.2, 0.25) is 0 Å². The number of fused-ring (bicyclic) bond motifs is 2. The lowest BCUT2D eigenvalue weighted by Gasteiger charge is -2.15. The third-order valence-electron chi connectivity index (χ3n) is 3.95. The van der Waals surface area contributed by atoms with Gasteiger partial charge in [-0.15, -0.1) is 0 Å². The van der Waals surface area contributed by atoms with E-state index in [0.717, 1.165) is 22.6 Å². The van der Waals surface area contributed by atoms with Crippen LogP contribution < -0.4 is 10.2 Å². The molecule has 2 aliphatic heterocycles. The maximum atomic E-state index is 11.5. The van der Waals surface area contributed by atoms with Crippen LogP contribution in [0.1, 0.15) is 21.5 Å². The number of thioether (sulfide) groups is 1. The molecule has 2 atom stereocenters. The van der Waals surface area contributed by atoms with Crippen molar-refractivity contribution in [3.63, 3.8) is 0 Å². The molecule has 2 aromatic rings. The number of para-hydroxylation sites is 1. The van der Waals surface area contributed by atoms with Gasteiger partial charge < -0.3 is 4.74 Å². The molecule has 0 aliphatic carbocycles. The average Bonchev–Trinajstić information content (AvgIpc) is 3.00. The van der Waals surface area contributed by atoms with Crippen LogP contribution in [0.15, 0.2) is 65.0 Å². The smallest absolute Gasteiger partial charge is 0.274 e. The summed E-state index contributed by atoms with van der Waals surface area (Å²) in [6.07, 6.45) is 2.04. The molecule has 4 rings (SSSR count). The molecule has 2 aromatic carbocycles. The van der Waals surface area contributed by atoms with Crippen LogP contribution in [0.4, 0.5) is 0 Å². The Morgan fingerprint density at radius 3 is 2.75 bits per heavy atom. The molecule has 0 radical (unpaired) electrons. The highest BCUT2D eigenvalue weighted by Crippen LogP contribution is 2.35. The number of nitrogens with zero attached hydrogens (tertiary/aromatic N) is 1. The van der Waals surface area contributed by atoms with Crippen molar-refractivity contribution < 1.29 is 14.7 Å². The second-order valence-corrected chi connectivity index (χ2v) is 6.44. The number of ether oxygens (including phenoxy) is 1. The van der Waals surface area contributed by atoms with E-state index in [1.807, 2.05) is 47.9 Å². The Balaban J connectivity index is 1.79. The van der Waals surface area contributed by atoms with Gasteiger partial charge in [0.15, 0.2) is 5.44 Å². The zero-order chi connectivity index (χ0) is 16.5. The third-order valence-corrected chi connectivity index (χ3v) is 4.91. The summed E-state index contributed by atoms with van der Waals surface area (Å²) >= 11 is 1.62. The van der Waals surface area contributed by atoms with Gasteiger partial charge in [-0.25, -0.2) is 5.48 Å². The number of hydrogen-bond donors (Lipinski definition) is 2. The molecule has 0 saturated carbocycles. The molecule has 5 nitrogen and oxygen atoms in total. The van der Waals surface area contributed by atoms with E-state index in [9.17, 15) is 4.79 Å². The van der Waals surface area contributed by atoms with Crippen molar-refractivity contribution in [1.29, 1.82) is 0 Å². The molecule has 120 valence electrons. The van der Waals surface area contributed by atoms with Crippen LogP contribution >= 0.6 is 11.8 Å². The van der Waals surface area contributed by atoms with Crippen molar-refractivity contribution in [2.24, 2.45) is 4.99 Å². The van der Waals surface area contributed by atoms with Crippen molar-refractivity contribution in [2.45, 2.75) is 11.5 Å². The van der Waals surface area contributed by atoms with E-state index >= 15 is 0 Å². The fourth-order valence-electron chi connectivity index (χ4n) is 2.76. The maximum Gasteiger partial charge on any atom is 0.274 e. The second-order valence-electron chi connectivity index (χ2n) is 5.43. The molecule has 2 aliphatic rings. The molecule has 1 unspecified atom stereocenters. The van der Waals surface area contributed by atoms with E-state index in [4.69, 9.17) is 14.9 Å². The maximum absolute atomic E-state index is 11.5. The van der Waals surface area contributed by atoms with E-state index in [1.54, 1.807) is 29.4 Å². The monoisotopic (exact) mass is 338 g/mol. The molecule has 0 spiro atoms. The average molecular weight is 338 g/mol. The lowest BCUT2D eigenvalue weighted by atomic mass is 10.00. The molecule has 0 saturated heterocycles. The summed E-state index contributed by atoms with van der Waals surface area (Å²) in [5.41, 5.74) is 4.63. The quantitative estimate of drug-likeness (QED) is 0.652. The minimum absolute atomic E-state index is 0.0437. The summed E-state index contributed by atoms with van der Waals surface area (Å²) < 4.78 is 6.10. The molecule has 24 heavy (non-hydrogen) atoms. The summed E-state index contributed by atoms with van der Waals surface area (Å²) in [5.74, 6) is 0.264. The zero-order valence-corrected chi connectivity index (χ0v) is 13.4. The summed E-state index contributed by atoms with van der Waals surface area (Å²) in [7, 11) is 0. The lowest BCUT2D eigenvalue weighted by Crippen LogP contribution is -2.21. The van der Waals surface area contributed by atoms with Crippen molar-refractivity contribution in [3.8, 4) is 5.75 Å². The van der Waals surface area contributed by atoms with E-state index in [-0.39, 0.29) is 11.5 Å². The minimum Gasteiger partial charge on any atom is -0.476 e. The molecule has 0 aromatic heterocycles. The van der Waals surface area contributed by atoms with Crippen LogP contribution in [0, 0.1) is 0 Å². The lowest BCUT2D eigenvalue weighted by molar-refractivity contribution is 0.0706. The second kappa shape index (κ2) is 6.14. The zero-order valence-electron chi connectivity index (χ0n) is 12.5. The molecule has 6 heteroatoms. The topological polar surface area (TPSA) is 70.9 Å². The van der Waals surface area contributed by atoms with Crippen LogP contribution in [0.5, 0.6) is 5.75 Å². The number of benzene rings is 2. The van der Waals surface area contributed by atoms with Crippen LogP contribution in [0.3, 0.4) is 0 Å². The van der Waals surface area contributed by atoms with Gasteiger partial charge in [-0.05, 0) is 35.7 Å². The summed E-state index contributed by atoms with van der Waals surface area (Å²) in [6.45, 7) is 0. The molecule has 2 N–H and O–H groups in total. The summed E-state index contributed by atoms with van der Waals surface area (Å²) in [5, 5.41) is 10.7. The normalized spacial score (nSPS) is 21.1. The Morgan fingerprint density at radius 1 is 1.17 bits per heavy atom. The van der Waals surface area contributed by atoms with Crippen LogP contribution in [0.2, 0.25) is 0 Å². The molecule has 0 bridgehead atoms. The van der Waals surface area contributed by atoms with Crippen molar-refractivity contribution in [2.75, 3.05) is 0 Å². The van der Waals surface area contributed by atoms with E-state index in [2.05, 4.69) is 0 Å². The van der Waals surface area contributed by atoms with Gasteiger partial charge in [0.25, 0.3) is 5.91 Å². The van der Waals surface area contributed by atoms with Gasteiger partial charge in [0, 0.05) is 16.7 Å². The number of amides is 1. The summed E-state index contributed by atoms with van der Waals surface area (Å²) in [4.78, 5) is 16.4.